The van der Waals surface area contributed by atoms with Crippen molar-refractivity contribution in [2.24, 2.45) is 66.9 Å². The molecule has 36 heteroatoms. The number of guanidine groups is 3. The van der Waals surface area contributed by atoms with Crippen molar-refractivity contribution in [2.45, 2.75) is 147 Å². The summed E-state index contributed by atoms with van der Waals surface area (Å²) in [6, 6.07) is -5.39. The van der Waals surface area contributed by atoms with Crippen LogP contribution >= 0.6 is 0 Å². The third kappa shape index (κ3) is 29.1. The Balaban J connectivity index is 2.26. The van der Waals surface area contributed by atoms with Crippen molar-refractivity contribution < 1.29 is 57.8 Å². The van der Waals surface area contributed by atoms with Gasteiger partial charge >= 0.3 is 0 Å². The number of benzene rings is 1. The molecule has 88 heavy (non-hydrogen) atoms. The Labute approximate surface area is 508 Å². The minimum absolute atomic E-state index is 0.00766. The Bertz CT molecular complexity index is 2660. The number of likely N-dealkylation sites (tertiary alicyclic amines) is 1. The molecule has 0 saturated carbocycles. The number of nitrogens with one attached hydrogen (secondary N) is 9. The molecular weight excluding hydrogens is 1160 g/mol. The number of hydrogen-bond donors (Lipinski definition) is 16. The molecule has 1 aromatic rings. The number of carbonyl (C=O) groups is 10. The van der Waals surface area contributed by atoms with E-state index in [9.17, 15) is 68.2 Å². The van der Waals surface area contributed by atoms with Crippen LogP contribution in [0.2, 0.25) is 0 Å². The van der Waals surface area contributed by atoms with Crippen LogP contribution in [0.1, 0.15) is 105 Å². The summed E-state index contributed by atoms with van der Waals surface area (Å²) in [5.41, 5.74) is 36.7. The highest BCUT2D eigenvalue weighted by Crippen LogP contribution is 2.29. The van der Waals surface area contributed by atoms with E-state index in [4.69, 9.17) is 40.1 Å². The number of amides is 9. The lowest BCUT2D eigenvalue weighted by Crippen LogP contribution is -2.58. The molecule has 0 unspecified atom stereocenters. The van der Waals surface area contributed by atoms with E-state index in [2.05, 4.69) is 62.8 Å². The first-order valence-electron chi connectivity index (χ1n) is 28.7. The summed E-state index contributed by atoms with van der Waals surface area (Å²) in [6.07, 6.45) is 2.27. The molecule has 490 valence electrons. The van der Waals surface area contributed by atoms with Crippen molar-refractivity contribution in [3.05, 3.63) is 38.4 Å². The van der Waals surface area contributed by atoms with Crippen LogP contribution in [0.3, 0.4) is 0 Å². The van der Waals surface area contributed by atoms with Gasteiger partial charge in [0.2, 0.25) is 53.2 Å². The molecule has 7 atom stereocenters. The van der Waals surface area contributed by atoms with Crippen molar-refractivity contribution in [3.8, 4) is 0 Å². The number of anilines is 1. The first kappa shape index (κ1) is 74.6. The number of hydrogen-bond acceptors (Lipinski definition) is 19. The zero-order chi connectivity index (χ0) is 66.0. The van der Waals surface area contributed by atoms with Crippen LogP contribution < -0.4 is 88.0 Å². The molecule has 1 aliphatic heterocycles. The van der Waals surface area contributed by atoms with Crippen LogP contribution in [0.5, 0.6) is 0 Å². The Morgan fingerprint density at radius 2 is 1.15 bits per heavy atom. The smallest absolute Gasteiger partial charge is 0.299 e. The third-order valence-corrected chi connectivity index (χ3v) is 13.1. The van der Waals surface area contributed by atoms with Crippen LogP contribution in [0, 0.1) is 32.1 Å². The SMILES string of the molecule is CC(C)C[C@H](NC(=O)CNC(=O)[C@H](CC(C)C)NC(=O)[C@@H]1CCCN1C(=O)[C@H](N)CCCN=C(N)N)C(=O)N[C@@H](CNc1ccc([N+](=O)[O-])cc1[N+](=O)[O-])C(=O)NCCC(=O)N[C@H](CCCN=C(N)N)C(=O)NCCC(=O)N[C@@H](C=O)CCCN=C(N)N. The van der Waals surface area contributed by atoms with E-state index in [1.807, 2.05) is 0 Å². The maximum Gasteiger partial charge on any atom is 0.299 e. The van der Waals surface area contributed by atoms with Gasteiger partial charge in [0.25, 0.3) is 11.4 Å². The van der Waals surface area contributed by atoms with Gasteiger partial charge < -0.3 is 97.7 Å². The number of nitrogens with zero attached hydrogens (tertiary/aromatic N) is 6. The average molecular weight is 1250 g/mol. The van der Waals surface area contributed by atoms with Crippen LogP contribution in [-0.4, -0.2) is 187 Å². The van der Waals surface area contributed by atoms with Crippen LogP contribution in [0.4, 0.5) is 17.1 Å². The molecule has 36 nitrogen and oxygen atoms in total. The van der Waals surface area contributed by atoms with Crippen LogP contribution in [0.25, 0.3) is 0 Å². The molecule has 1 aliphatic rings. The largest absolute Gasteiger partial charge is 0.377 e. The van der Waals surface area contributed by atoms with Gasteiger partial charge in [-0.1, -0.05) is 27.7 Å². The summed E-state index contributed by atoms with van der Waals surface area (Å²) < 4.78 is 0. The number of rotatable bonds is 41. The van der Waals surface area contributed by atoms with E-state index in [0.29, 0.717) is 38.0 Å². The summed E-state index contributed by atoms with van der Waals surface area (Å²) in [4.78, 5) is 168. The first-order chi connectivity index (χ1) is 41.5. The minimum Gasteiger partial charge on any atom is -0.377 e. The normalized spacial score (nSPS) is 14.6. The molecule has 1 saturated heterocycles. The van der Waals surface area contributed by atoms with Crippen LogP contribution in [-0.2, 0) is 47.9 Å². The van der Waals surface area contributed by atoms with Crippen molar-refractivity contribution >= 4 is 94.4 Å². The molecule has 0 spiro atoms. The van der Waals surface area contributed by atoms with E-state index < -0.39 is 143 Å². The Morgan fingerprint density at radius 3 is 1.68 bits per heavy atom. The molecule has 1 aromatic carbocycles. The zero-order valence-electron chi connectivity index (χ0n) is 50.1. The lowest BCUT2D eigenvalue weighted by atomic mass is 10.0. The van der Waals surface area contributed by atoms with E-state index in [-0.39, 0.29) is 113 Å². The molecule has 2 rings (SSSR count). The van der Waals surface area contributed by atoms with Gasteiger partial charge in [-0.3, -0.25) is 78.4 Å². The summed E-state index contributed by atoms with van der Waals surface area (Å²) in [5.74, 6) is -7.41. The highest BCUT2D eigenvalue weighted by atomic mass is 16.6. The van der Waals surface area contributed by atoms with E-state index in [1.54, 1.807) is 27.7 Å². The zero-order valence-corrected chi connectivity index (χ0v) is 50.1. The van der Waals surface area contributed by atoms with E-state index in [0.717, 1.165) is 12.1 Å². The van der Waals surface area contributed by atoms with Gasteiger partial charge in [-0.15, -0.1) is 0 Å². The second kappa shape index (κ2) is 39.2. The number of nitro groups is 2. The number of aliphatic imine (C=N–C) groups is 3. The van der Waals surface area contributed by atoms with Gasteiger partial charge in [-0.2, -0.15) is 0 Å². The fourth-order valence-electron chi connectivity index (χ4n) is 8.85. The molecule has 0 aromatic heterocycles. The van der Waals surface area contributed by atoms with Gasteiger partial charge in [0.15, 0.2) is 17.9 Å². The topological polar surface area (TPSA) is 588 Å². The molecule has 0 aliphatic carbocycles. The molecular formula is C52H88N22O14. The molecule has 0 radical (unpaired) electrons. The van der Waals surface area contributed by atoms with Gasteiger partial charge in [0.1, 0.15) is 42.2 Å². The van der Waals surface area contributed by atoms with Gasteiger partial charge in [0.05, 0.1) is 34.5 Å². The predicted octanol–water partition coefficient (Wildman–Crippen LogP) is -4.76. The summed E-state index contributed by atoms with van der Waals surface area (Å²) in [7, 11) is 0. The highest BCUT2D eigenvalue weighted by molar-refractivity contribution is 5.96. The number of carbonyl (C=O) groups excluding carboxylic acids is 10. The standard InChI is InChI=1S/C52H88N22O14/c1-29(2)23-36(70-48(83)39-12-8-22-72(39)49(84)33(53)10-6-18-63-51(56)57)45(80)66-27-43(78)69-37(24-30(3)4)47(82)71-38(26-65-34-14-13-32(73(85)86)25-40(34)74(87)88)46(81)61-21-16-42(77)68-35(11-7-19-64-52(58)59)44(79)60-20-15-41(76)67-31(28-75)9-5-17-62-50(54)55/h13-14,25,28-31,33,35-39,65H,5-12,15-24,26-27,53H2,1-4H3,(H,60,79)(H,61,81)(H,66,80)(H,67,76)(H,68,77)(H,69,78)(H,70,83)(H,71,82)(H4,54,55,62)(H4,56,57,63)(H4,58,59,64)/t31-,33-,35-,36+,37+,38+,39+/m1/s1. The Hall–Kier alpha value is -9.51. The average Bonchev–Trinajstić information content (AvgIpc) is 3.61. The third-order valence-electron chi connectivity index (χ3n) is 13.1. The van der Waals surface area contributed by atoms with E-state index in [1.165, 1.54) is 4.90 Å². The second-order valence-electron chi connectivity index (χ2n) is 21.5. The highest BCUT2D eigenvalue weighted by Gasteiger charge is 2.38. The lowest BCUT2D eigenvalue weighted by Gasteiger charge is -2.28. The lowest BCUT2D eigenvalue weighted by molar-refractivity contribution is -0.393. The first-order valence-corrected chi connectivity index (χ1v) is 28.7. The Morgan fingerprint density at radius 1 is 0.636 bits per heavy atom. The maximum atomic E-state index is 14.1. The monoisotopic (exact) mass is 1240 g/mol. The van der Waals surface area contributed by atoms with E-state index >= 15 is 0 Å². The van der Waals surface area contributed by atoms with Crippen molar-refractivity contribution in [1.82, 2.24) is 47.4 Å². The fraction of sp³-hybridized carbons (Fsp3) is 0.635. The number of nitro benzene ring substituents is 2. The number of aldehydes is 1. The Kier molecular flexibility index (Phi) is 33.3. The second-order valence-corrected chi connectivity index (χ2v) is 21.5. The molecule has 9 amide bonds. The fourth-order valence-corrected chi connectivity index (χ4v) is 8.85. The summed E-state index contributed by atoms with van der Waals surface area (Å²) in [6.45, 7) is 5.99. The molecule has 0 bridgehead atoms. The van der Waals surface area contributed by atoms with Crippen molar-refractivity contribution in [1.29, 1.82) is 0 Å². The van der Waals surface area contributed by atoms with Gasteiger partial charge in [-0.25, -0.2) is 0 Å². The van der Waals surface area contributed by atoms with Crippen molar-refractivity contribution in [2.75, 3.05) is 57.7 Å². The summed E-state index contributed by atoms with van der Waals surface area (Å²) in [5, 5.41) is 46.5. The molecule has 1 fully saturated rings. The van der Waals surface area contributed by atoms with Crippen LogP contribution in [0.15, 0.2) is 33.2 Å². The maximum absolute atomic E-state index is 14.1. The molecule has 1 heterocycles. The molecule has 23 N–H and O–H groups in total. The number of non-ortho nitro benzene ring substituents is 1. The summed E-state index contributed by atoms with van der Waals surface area (Å²) >= 11 is 0. The number of nitrogens with two attached hydrogens (primary N) is 7. The quantitative estimate of drug-likeness (QED) is 0.00731. The van der Waals surface area contributed by atoms with Gasteiger partial charge in [-0.05, 0) is 82.1 Å². The van der Waals surface area contributed by atoms with Gasteiger partial charge in [0, 0.05) is 64.7 Å². The van der Waals surface area contributed by atoms with Crippen molar-refractivity contribution in [3.63, 3.8) is 0 Å². The minimum atomic E-state index is -1.63. The predicted molar refractivity (Wildman–Crippen MR) is 324 cm³/mol.